The van der Waals surface area contributed by atoms with Gasteiger partial charge in [0.2, 0.25) is 5.91 Å². The second-order valence-corrected chi connectivity index (χ2v) is 7.23. The number of nitrogens with one attached hydrogen (secondary N) is 1. The summed E-state index contributed by atoms with van der Waals surface area (Å²) in [7, 11) is 0. The van der Waals surface area contributed by atoms with E-state index in [0.29, 0.717) is 37.7 Å². The summed E-state index contributed by atoms with van der Waals surface area (Å²) in [6.07, 6.45) is 1.90. The fourth-order valence-electron chi connectivity index (χ4n) is 2.61. The minimum atomic E-state index is -0.155. The van der Waals surface area contributed by atoms with E-state index in [9.17, 15) is 4.79 Å². The monoisotopic (exact) mass is 424 g/mol. The Kier molecular flexibility index (Phi) is 8.29. The van der Waals surface area contributed by atoms with E-state index in [1.165, 1.54) is 0 Å². The summed E-state index contributed by atoms with van der Waals surface area (Å²) in [5.41, 5.74) is 3.34. The van der Waals surface area contributed by atoms with Crippen molar-refractivity contribution in [3.8, 4) is 17.2 Å². The van der Waals surface area contributed by atoms with E-state index < -0.39 is 0 Å². The van der Waals surface area contributed by atoms with E-state index in [0.717, 1.165) is 16.2 Å². The molecule has 156 valence electrons. The fraction of sp³-hybridized carbons (Fsp3) is 0.217. The highest BCUT2D eigenvalue weighted by Gasteiger charge is 2.07. The topological polar surface area (TPSA) is 69.2 Å². The summed E-state index contributed by atoms with van der Waals surface area (Å²) in [6.45, 7) is 3.24. The minimum absolute atomic E-state index is 0.155. The molecule has 0 spiro atoms. The summed E-state index contributed by atoms with van der Waals surface area (Å²) in [5, 5.41) is 5.97. The number of para-hydroxylation sites is 1. The van der Waals surface area contributed by atoms with Crippen LogP contribution in [0.15, 0.2) is 71.1 Å². The Morgan fingerprint density at radius 3 is 2.60 bits per heavy atom. The second kappa shape index (κ2) is 11.6. The van der Waals surface area contributed by atoms with Gasteiger partial charge in [-0.25, -0.2) is 5.43 Å². The first-order valence-corrected chi connectivity index (χ1v) is 10.5. The van der Waals surface area contributed by atoms with Gasteiger partial charge in [-0.15, -0.1) is 11.3 Å². The molecule has 0 bridgehead atoms. The molecule has 7 heteroatoms. The average Bonchev–Trinajstić information content (AvgIpc) is 3.26. The van der Waals surface area contributed by atoms with Crippen molar-refractivity contribution in [2.45, 2.75) is 13.3 Å². The van der Waals surface area contributed by atoms with Crippen molar-refractivity contribution in [3.63, 3.8) is 0 Å². The highest BCUT2D eigenvalue weighted by atomic mass is 32.1. The van der Waals surface area contributed by atoms with Crippen molar-refractivity contribution in [1.29, 1.82) is 0 Å². The molecule has 1 aromatic heterocycles. The molecule has 0 aliphatic heterocycles. The van der Waals surface area contributed by atoms with Crippen LogP contribution in [0.5, 0.6) is 17.2 Å². The van der Waals surface area contributed by atoms with Gasteiger partial charge in [0, 0.05) is 4.88 Å². The normalized spacial score (nSPS) is 10.7. The van der Waals surface area contributed by atoms with Crippen LogP contribution in [-0.2, 0) is 11.2 Å². The van der Waals surface area contributed by atoms with E-state index >= 15 is 0 Å². The molecule has 0 aliphatic rings. The Morgan fingerprint density at radius 2 is 1.83 bits per heavy atom. The Labute approximate surface area is 180 Å². The third-order valence-electron chi connectivity index (χ3n) is 3.94. The van der Waals surface area contributed by atoms with E-state index in [4.69, 9.17) is 14.2 Å². The first kappa shape index (κ1) is 21.4. The molecule has 6 nitrogen and oxygen atoms in total. The van der Waals surface area contributed by atoms with Crippen LogP contribution in [0, 0.1) is 0 Å². The number of amides is 1. The maximum absolute atomic E-state index is 11.9. The number of hydrogen-bond donors (Lipinski definition) is 1. The lowest BCUT2D eigenvalue weighted by Crippen LogP contribution is -2.19. The summed E-state index contributed by atoms with van der Waals surface area (Å²) in [4.78, 5) is 12.9. The van der Waals surface area contributed by atoms with Crippen molar-refractivity contribution in [1.82, 2.24) is 5.43 Å². The van der Waals surface area contributed by atoms with Crippen LogP contribution in [0.4, 0.5) is 0 Å². The predicted molar refractivity (Wildman–Crippen MR) is 119 cm³/mol. The van der Waals surface area contributed by atoms with Gasteiger partial charge >= 0.3 is 0 Å². The lowest BCUT2D eigenvalue weighted by Gasteiger charge is -2.13. The molecule has 0 atom stereocenters. The number of benzene rings is 2. The number of ether oxygens (including phenoxy) is 3. The number of carbonyl (C=O) groups is 1. The number of rotatable bonds is 11. The maximum atomic E-state index is 11.9. The van der Waals surface area contributed by atoms with Crippen molar-refractivity contribution < 1.29 is 19.0 Å². The van der Waals surface area contributed by atoms with E-state index in [1.807, 2.05) is 73.0 Å². The molecule has 0 unspecified atom stereocenters. The second-order valence-electron chi connectivity index (χ2n) is 6.20. The number of hydrazone groups is 1. The summed E-state index contributed by atoms with van der Waals surface area (Å²) in [6, 6.07) is 18.9. The molecule has 3 aromatic rings. The SMILES string of the molecule is CCOc1cc(/C=N\NC(=O)Cc2cccs2)ccc1OCCOc1ccccc1. The zero-order chi connectivity index (χ0) is 21.0. The predicted octanol–water partition coefficient (Wildman–Crippen LogP) is 4.30. The third-order valence-corrected chi connectivity index (χ3v) is 4.81. The zero-order valence-electron chi connectivity index (χ0n) is 16.7. The highest BCUT2D eigenvalue weighted by molar-refractivity contribution is 7.10. The van der Waals surface area contributed by atoms with Crippen LogP contribution in [-0.4, -0.2) is 31.9 Å². The van der Waals surface area contributed by atoms with Crippen LogP contribution < -0.4 is 19.6 Å². The summed E-state index contributed by atoms with van der Waals surface area (Å²) in [5.74, 6) is 1.90. The Balaban J connectivity index is 1.51. The molecule has 0 fully saturated rings. The third kappa shape index (κ3) is 6.93. The molecule has 1 amide bonds. The lowest BCUT2D eigenvalue weighted by molar-refractivity contribution is -0.120. The molecule has 0 radical (unpaired) electrons. The van der Waals surface area contributed by atoms with Crippen LogP contribution in [0.1, 0.15) is 17.4 Å². The van der Waals surface area contributed by atoms with Gasteiger partial charge in [0.1, 0.15) is 19.0 Å². The minimum Gasteiger partial charge on any atom is -0.490 e. The molecule has 2 aromatic carbocycles. The van der Waals surface area contributed by atoms with Crippen LogP contribution in [0.25, 0.3) is 0 Å². The number of carbonyl (C=O) groups excluding carboxylic acids is 1. The molecular weight excluding hydrogens is 400 g/mol. The maximum Gasteiger partial charge on any atom is 0.245 e. The summed E-state index contributed by atoms with van der Waals surface area (Å²) < 4.78 is 17.1. The first-order valence-electron chi connectivity index (χ1n) is 9.66. The quantitative estimate of drug-likeness (QED) is 0.283. The van der Waals surface area contributed by atoms with Crippen LogP contribution >= 0.6 is 11.3 Å². The average molecular weight is 425 g/mol. The molecule has 3 rings (SSSR count). The summed E-state index contributed by atoms with van der Waals surface area (Å²) >= 11 is 1.54. The Bertz CT molecular complexity index is 943. The first-order chi connectivity index (χ1) is 14.7. The van der Waals surface area contributed by atoms with Crippen molar-refractivity contribution >= 4 is 23.5 Å². The smallest absolute Gasteiger partial charge is 0.245 e. The molecular formula is C23H24N2O4S. The lowest BCUT2D eigenvalue weighted by atomic mass is 10.2. The van der Waals surface area contributed by atoms with Gasteiger partial charge in [-0.2, -0.15) is 5.10 Å². The van der Waals surface area contributed by atoms with Gasteiger partial charge in [-0.05, 0) is 54.3 Å². The zero-order valence-corrected chi connectivity index (χ0v) is 17.6. The van der Waals surface area contributed by atoms with Gasteiger partial charge in [0.25, 0.3) is 0 Å². The number of nitrogens with zero attached hydrogens (tertiary/aromatic N) is 1. The molecule has 0 aliphatic carbocycles. The molecule has 0 saturated carbocycles. The fourth-order valence-corrected chi connectivity index (χ4v) is 3.31. The van der Waals surface area contributed by atoms with Crippen molar-refractivity contribution in [3.05, 3.63) is 76.5 Å². The molecule has 1 heterocycles. The molecule has 30 heavy (non-hydrogen) atoms. The Hall–Kier alpha value is -3.32. The molecule has 0 saturated heterocycles. The van der Waals surface area contributed by atoms with Crippen molar-refractivity contribution in [2.24, 2.45) is 5.10 Å². The highest BCUT2D eigenvalue weighted by Crippen LogP contribution is 2.28. The van der Waals surface area contributed by atoms with E-state index in [-0.39, 0.29) is 5.91 Å². The Morgan fingerprint density at radius 1 is 1.00 bits per heavy atom. The largest absolute Gasteiger partial charge is 0.490 e. The van der Waals surface area contributed by atoms with Gasteiger partial charge in [0.15, 0.2) is 11.5 Å². The standard InChI is InChI=1S/C23H24N2O4S/c1-2-27-22-15-18(17-24-25-23(26)16-20-9-6-14-30-20)10-11-21(22)29-13-12-28-19-7-4-3-5-8-19/h3-11,14-15,17H,2,12-13,16H2,1H3,(H,25,26)/b24-17-. The van der Waals surface area contributed by atoms with Crippen molar-refractivity contribution in [2.75, 3.05) is 19.8 Å². The van der Waals surface area contributed by atoms with Gasteiger partial charge < -0.3 is 14.2 Å². The van der Waals surface area contributed by atoms with Gasteiger partial charge in [-0.1, -0.05) is 24.3 Å². The van der Waals surface area contributed by atoms with Crippen LogP contribution in [0.3, 0.4) is 0 Å². The molecule has 1 N–H and O–H groups in total. The van der Waals surface area contributed by atoms with Gasteiger partial charge in [0.05, 0.1) is 19.2 Å². The van der Waals surface area contributed by atoms with Crippen LogP contribution in [0.2, 0.25) is 0 Å². The van der Waals surface area contributed by atoms with E-state index in [2.05, 4.69) is 10.5 Å². The number of thiophene rings is 1. The van der Waals surface area contributed by atoms with E-state index in [1.54, 1.807) is 17.6 Å². The van der Waals surface area contributed by atoms with Gasteiger partial charge in [-0.3, -0.25) is 4.79 Å². The number of hydrogen-bond acceptors (Lipinski definition) is 6.